The van der Waals surface area contributed by atoms with Gasteiger partial charge in [0.15, 0.2) is 0 Å². The standard InChI is InChI=1S/C7H7.ClH.FH.Zn/c1-7-5-3-2-4-6-7;;;/h2-6H,1H2;2*1H;/q-1;;;+2/p-2. The normalized spacial score (nSPS) is 7.00. The van der Waals surface area contributed by atoms with Crippen molar-refractivity contribution in [3.63, 3.8) is 0 Å². The van der Waals surface area contributed by atoms with Gasteiger partial charge >= 0.3 is 29.6 Å². The average Bonchev–Trinajstić information content (AvgIpc) is 1.91. The van der Waals surface area contributed by atoms with Gasteiger partial charge in [-0.2, -0.15) is 24.6 Å². The van der Waals surface area contributed by atoms with Gasteiger partial charge in [-0.3, -0.25) is 0 Å². The van der Waals surface area contributed by atoms with Gasteiger partial charge < -0.3 is 0 Å². The Labute approximate surface area is 72.6 Å². The van der Waals surface area contributed by atoms with Crippen LogP contribution in [0.5, 0.6) is 0 Å². The van der Waals surface area contributed by atoms with E-state index in [1.807, 2.05) is 30.3 Å². The second-order valence-corrected chi connectivity index (χ2v) is 3.06. The molecule has 0 saturated carbocycles. The van der Waals surface area contributed by atoms with Crippen LogP contribution in [0.25, 0.3) is 0 Å². The molecule has 0 atom stereocenters. The van der Waals surface area contributed by atoms with Crippen LogP contribution in [-0.2, 0) is 16.6 Å². The molecule has 0 spiro atoms. The molecule has 0 heterocycles. The first kappa shape index (κ1) is 9.93. The molecule has 1 aromatic rings. The molecule has 0 bridgehead atoms. The van der Waals surface area contributed by atoms with Crippen LogP contribution in [0.15, 0.2) is 30.3 Å². The first-order valence-electron chi connectivity index (χ1n) is 2.80. The van der Waals surface area contributed by atoms with E-state index in [1.54, 1.807) is 0 Å². The number of rotatable bonds is 0. The molecule has 0 unspecified atom stereocenters. The van der Waals surface area contributed by atoms with Crippen LogP contribution in [-0.4, -0.2) is 0 Å². The first-order valence-corrected chi connectivity index (χ1v) is 7.82. The van der Waals surface area contributed by atoms with E-state index in [2.05, 4.69) is 16.6 Å². The summed E-state index contributed by atoms with van der Waals surface area (Å²) in [5.74, 6) is 0. The number of hydrogen-bond donors (Lipinski definition) is 0. The Hall–Kier alpha value is -0.0666. The summed E-state index contributed by atoms with van der Waals surface area (Å²) in [5.41, 5.74) is 1.07. The van der Waals surface area contributed by atoms with Crippen LogP contribution in [0.1, 0.15) is 5.56 Å². The molecule has 0 amide bonds. The van der Waals surface area contributed by atoms with Crippen molar-refractivity contribution in [1.29, 1.82) is 0 Å². The Morgan fingerprint density at radius 1 is 1.30 bits per heavy atom. The molecule has 3 heteroatoms. The zero-order chi connectivity index (χ0) is 7.82. The van der Waals surface area contributed by atoms with E-state index in [0.717, 1.165) is 5.56 Å². The van der Waals surface area contributed by atoms with Gasteiger partial charge in [0.25, 0.3) is 0 Å². The predicted octanol–water partition coefficient (Wildman–Crippen LogP) is 2.98. The fourth-order valence-corrected chi connectivity index (χ4v) is 0.478. The maximum absolute atomic E-state index is 10.2. The molecule has 1 aromatic carbocycles. The molecule has 0 fully saturated rings. The van der Waals surface area contributed by atoms with E-state index in [1.165, 1.54) is 0 Å². The second-order valence-electron chi connectivity index (χ2n) is 1.59. The van der Waals surface area contributed by atoms with Gasteiger partial charge in [-0.25, -0.2) is 0 Å². The quantitative estimate of drug-likeness (QED) is 0.457. The maximum atomic E-state index is 10.2. The zero-order valence-corrected chi connectivity index (χ0v) is 9.28. The van der Waals surface area contributed by atoms with Crippen molar-refractivity contribution in [2.45, 2.75) is 0 Å². The third-order valence-corrected chi connectivity index (χ3v) is 0.843. The zero-order valence-electron chi connectivity index (χ0n) is 5.56. The third kappa shape index (κ3) is 6.06. The summed E-state index contributed by atoms with van der Waals surface area (Å²) in [4.78, 5) is 0. The molecule has 0 saturated heterocycles. The minimum absolute atomic E-state index is 1.07. The molecule has 10 heavy (non-hydrogen) atoms. The molecule has 1 rings (SSSR count). The van der Waals surface area contributed by atoms with Crippen molar-refractivity contribution in [3.05, 3.63) is 42.8 Å². The summed E-state index contributed by atoms with van der Waals surface area (Å²) in [6.45, 7) is 3.72. The minimum atomic E-state index is -1.90. The molecule has 0 radical (unpaired) electrons. The van der Waals surface area contributed by atoms with Crippen molar-refractivity contribution >= 4 is 9.69 Å². The molecule has 0 aromatic heterocycles. The third-order valence-electron chi connectivity index (χ3n) is 0.843. The van der Waals surface area contributed by atoms with Crippen LogP contribution in [0.4, 0.5) is 3.32 Å². The van der Waals surface area contributed by atoms with Gasteiger partial charge in [0.2, 0.25) is 0 Å². The summed E-state index contributed by atoms with van der Waals surface area (Å²) >= 11 is -1.90. The first-order chi connectivity index (χ1) is 4.81. The van der Waals surface area contributed by atoms with Crippen molar-refractivity contribution in [1.82, 2.24) is 0 Å². The van der Waals surface area contributed by atoms with Crippen molar-refractivity contribution < 1.29 is 20.0 Å². The Bertz CT molecular complexity index is 155. The molecule has 0 N–H and O–H groups in total. The summed E-state index contributed by atoms with van der Waals surface area (Å²) in [6, 6.07) is 9.87. The SMILES string of the molecule is [CH2-]c1ccccc1.[F][Zn][Cl]. The Morgan fingerprint density at radius 3 is 1.90 bits per heavy atom. The topological polar surface area (TPSA) is 0 Å². The van der Waals surface area contributed by atoms with Gasteiger partial charge in [0, 0.05) is 0 Å². The van der Waals surface area contributed by atoms with Gasteiger partial charge in [0.1, 0.15) is 0 Å². The molecule has 0 aliphatic rings. The Kier molecular flexibility index (Phi) is 7.00. The monoisotopic (exact) mass is 209 g/mol. The van der Waals surface area contributed by atoms with Gasteiger partial charge in [0.05, 0.1) is 0 Å². The van der Waals surface area contributed by atoms with Crippen molar-refractivity contribution in [2.75, 3.05) is 0 Å². The number of benzene rings is 1. The van der Waals surface area contributed by atoms with E-state index < -0.39 is 16.6 Å². The van der Waals surface area contributed by atoms with Crippen LogP contribution in [0, 0.1) is 6.92 Å². The molecular weight excluding hydrogens is 204 g/mol. The van der Waals surface area contributed by atoms with E-state index in [0.29, 0.717) is 0 Å². The summed E-state index contributed by atoms with van der Waals surface area (Å²) in [5, 5.41) is 0. The van der Waals surface area contributed by atoms with Crippen molar-refractivity contribution in [2.24, 2.45) is 0 Å². The van der Waals surface area contributed by atoms with E-state index in [4.69, 9.17) is 0 Å². The summed E-state index contributed by atoms with van der Waals surface area (Å²) in [6.07, 6.45) is 0. The molecule has 52 valence electrons. The van der Waals surface area contributed by atoms with Gasteiger partial charge in [-0.1, -0.05) is 6.07 Å². The van der Waals surface area contributed by atoms with Crippen LogP contribution >= 0.6 is 9.69 Å². The van der Waals surface area contributed by atoms with Crippen LogP contribution < -0.4 is 0 Å². The average molecular weight is 211 g/mol. The summed E-state index contributed by atoms with van der Waals surface area (Å²) in [7, 11) is 4.52. The van der Waals surface area contributed by atoms with Gasteiger partial charge in [-0.05, 0) is 0 Å². The molecule has 0 nitrogen and oxygen atoms in total. The fraction of sp³-hybridized carbons (Fsp3) is 0. The number of hydrogen-bond acceptors (Lipinski definition) is 0. The molecule has 0 aliphatic carbocycles. The number of halogens is 2. The van der Waals surface area contributed by atoms with Crippen LogP contribution in [0.3, 0.4) is 0 Å². The van der Waals surface area contributed by atoms with Crippen molar-refractivity contribution in [3.8, 4) is 0 Å². The van der Waals surface area contributed by atoms with Crippen LogP contribution in [0.2, 0.25) is 0 Å². The van der Waals surface area contributed by atoms with E-state index >= 15 is 0 Å². The van der Waals surface area contributed by atoms with E-state index in [9.17, 15) is 3.32 Å². The Balaban J connectivity index is 0.000000236. The Morgan fingerprint density at radius 2 is 1.70 bits per heavy atom. The van der Waals surface area contributed by atoms with Gasteiger partial charge in [-0.15, -0.1) is 12.1 Å². The summed E-state index contributed by atoms with van der Waals surface area (Å²) < 4.78 is 10.2. The fourth-order valence-electron chi connectivity index (χ4n) is 0.478. The molecule has 0 aliphatic heterocycles. The van der Waals surface area contributed by atoms with E-state index in [-0.39, 0.29) is 0 Å². The second kappa shape index (κ2) is 7.05. The molecular formula is C7H7ClFZn-. The predicted molar refractivity (Wildman–Crippen MR) is 37.9 cm³/mol.